The second kappa shape index (κ2) is 6.87. The molecule has 0 heterocycles. The molecular formula is C13H20FNOS. The van der Waals surface area contributed by atoms with Crippen LogP contribution < -0.4 is 5.73 Å². The molecule has 0 amide bonds. The Morgan fingerprint density at radius 1 is 1.41 bits per heavy atom. The van der Waals surface area contributed by atoms with Crippen LogP contribution in [0.5, 0.6) is 0 Å². The van der Waals surface area contributed by atoms with Crippen LogP contribution in [0, 0.1) is 5.82 Å². The van der Waals surface area contributed by atoms with Gasteiger partial charge in [0, 0.05) is 10.9 Å². The maximum absolute atomic E-state index is 13.1. The maximum atomic E-state index is 13.1. The number of nitrogens with two attached hydrogens (primary N) is 1. The molecule has 1 aromatic rings. The van der Waals surface area contributed by atoms with Gasteiger partial charge in [-0.05, 0) is 31.0 Å². The minimum absolute atomic E-state index is 0.0888. The van der Waals surface area contributed by atoms with Crippen molar-refractivity contribution in [2.45, 2.75) is 49.3 Å². The Balaban J connectivity index is 2.86. The van der Waals surface area contributed by atoms with Gasteiger partial charge in [-0.2, -0.15) is 0 Å². The summed E-state index contributed by atoms with van der Waals surface area (Å²) in [6.07, 6.45) is 2.56. The van der Waals surface area contributed by atoms with Crippen LogP contribution >= 0.6 is 0 Å². The second-order valence-corrected chi connectivity index (χ2v) is 5.83. The fourth-order valence-electron chi connectivity index (χ4n) is 1.90. The van der Waals surface area contributed by atoms with Gasteiger partial charge in [-0.1, -0.05) is 26.3 Å². The Kier molecular flexibility index (Phi) is 5.78. The Labute approximate surface area is 105 Å². The van der Waals surface area contributed by atoms with E-state index in [0.29, 0.717) is 4.90 Å². The van der Waals surface area contributed by atoms with Gasteiger partial charge in [0.15, 0.2) is 0 Å². The lowest BCUT2D eigenvalue weighted by Gasteiger charge is -2.21. The quantitative estimate of drug-likeness (QED) is 0.851. The van der Waals surface area contributed by atoms with Crippen molar-refractivity contribution in [1.82, 2.24) is 0 Å². The Hall–Kier alpha value is -0.740. The molecule has 2 N–H and O–H groups in total. The molecule has 2 nitrogen and oxygen atoms in total. The first-order valence-electron chi connectivity index (χ1n) is 6.01. The number of hydrogen-bond acceptors (Lipinski definition) is 2. The van der Waals surface area contributed by atoms with Crippen LogP contribution in [0.15, 0.2) is 29.2 Å². The minimum atomic E-state index is -1.23. The van der Waals surface area contributed by atoms with Gasteiger partial charge in [-0.15, -0.1) is 0 Å². The van der Waals surface area contributed by atoms with E-state index in [0.717, 1.165) is 19.3 Å². The Morgan fingerprint density at radius 3 is 2.65 bits per heavy atom. The molecule has 0 aliphatic carbocycles. The molecule has 0 aliphatic rings. The predicted molar refractivity (Wildman–Crippen MR) is 69.8 cm³/mol. The molecule has 0 fully saturated rings. The first-order chi connectivity index (χ1) is 8.10. The average Bonchev–Trinajstić information content (AvgIpc) is 2.30. The summed E-state index contributed by atoms with van der Waals surface area (Å²) in [4.78, 5) is 0.531. The lowest BCUT2D eigenvalue weighted by atomic mass is 10.1. The van der Waals surface area contributed by atoms with Crippen LogP contribution in [0.4, 0.5) is 4.39 Å². The van der Waals surface area contributed by atoms with Crippen LogP contribution in [-0.2, 0) is 10.8 Å². The zero-order valence-electron chi connectivity index (χ0n) is 10.4. The van der Waals surface area contributed by atoms with Crippen molar-refractivity contribution >= 4 is 10.8 Å². The highest BCUT2D eigenvalue weighted by molar-refractivity contribution is 7.85. The third-order valence-electron chi connectivity index (χ3n) is 2.81. The number of halogens is 1. The summed E-state index contributed by atoms with van der Waals surface area (Å²) in [6.45, 7) is 4.02. The first-order valence-corrected chi connectivity index (χ1v) is 7.23. The van der Waals surface area contributed by atoms with Gasteiger partial charge >= 0.3 is 0 Å². The van der Waals surface area contributed by atoms with Gasteiger partial charge in [0.05, 0.1) is 16.0 Å². The van der Waals surface area contributed by atoms with Gasteiger partial charge in [0.2, 0.25) is 0 Å². The van der Waals surface area contributed by atoms with Crippen molar-refractivity contribution in [1.29, 1.82) is 0 Å². The fraction of sp³-hybridized carbons (Fsp3) is 0.538. The summed E-state index contributed by atoms with van der Waals surface area (Å²) >= 11 is 0. The van der Waals surface area contributed by atoms with Crippen LogP contribution in [-0.4, -0.2) is 15.5 Å². The first kappa shape index (κ1) is 14.3. The van der Waals surface area contributed by atoms with E-state index >= 15 is 0 Å². The standard InChI is InChI=1S/C13H20FNOS/c1-3-6-12(15)13(4-2)17(16)11-8-5-7-10(14)9-11/h5,7-9,12-13H,3-4,6,15H2,1-2H3. The molecule has 0 aliphatic heterocycles. The highest BCUT2D eigenvalue weighted by Gasteiger charge is 2.23. The van der Waals surface area contributed by atoms with Gasteiger partial charge < -0.3 is 5.73 Å². The van der Waals surface area contributed by atoms with E-state index in [4.69, 9.17) is 5.73 Å². The highest BCUT2D eigenvalue weighted by Crippen LogP contribution is 2.18. The SMILES string of the molecule is CCCC(N)C(CC)S(=O)c1cccc(F)c1. The van der Waals surface area contributed by atoms with Crippen LogP contribution in [0.2, 0.25) is 0 Å². The molecule has 0 radical (unpaired) electrons. The number of benzene rings is 1. The minimum Gasteiger partial charge on any atom is -0.327 e. The van der Waals surface area contributed by atoms with Crippen LogP contribution in [0.3, 0.4) is 0 Å². The highest BCUT2D eigenvalue weighted by atomic mass is 32.2. The summed E-state index contributed by atoms with van der Waals surface area (Å²) in [7, 11) is -1.23. The third kappa shape index (κ3) is 3.89. The van der Waals surface area contributed by atoms with E-state index in [2.05, 4.69) is 6.92 Å². The van der Waals surface area contributed by atoms with Crippen molar-refractivity contribution < 1.29 is 8.60 Å². The second-order valence-electron chi connectivity index (χ2n) is 4.15. The molecule has 4 heteroatoms. The molecule has 0 bridgehead atoms. The van der Waals surface area contributed by atoms with E-state index in [1.807, 2.05) is 6.92 Å². The topological polar surface area (TPSA) is 43.1 Å². The summed E-state index contributed by atoms with van der Waals surface area (Å²) in [5.41, 5.74) is 6.03. The van der Waals surface area contributed by atoms with Crippen molar-refractivity contribution in [2.24, 2.45) is 5.73 Å². The summed E-state index contributed by atoms with van der Waals surface area (Å²) in [6, 6.07) is 5.88. The smallest absolute Gasteiger partial charge is 0.124 e. The molecular weight excluding hydrogens is 237 g/mol. The van der Waals surface area contributed by atoms with E-state index in [9.17, 15) is 8.60 Å². The molecule has 3 unspecified atom stereocenters. The molecule has 0 saturated carbocycles. The van der Waals surface area contributed by atoms with Crippen molar-refractivity contribution in [3.05, 3.63) is 30.1 Å². The average molecular weight is 257 g/mol. The number of hydrogen-bond donors (Lipinski definition) is 1. The maximum Gasteiger partial charge on any atom is 0.124 e. The Bertz CT molecular complexity index is 383. The van der Waals surface area contributed by atoms with E-state index in [1.165, 1.54) is 12.1 Å². The Morgan fingerprint density at radius 2 is 2.12 bits per heavy atom. The lowest BCUT2D eigenvalue weighted by Crippen LogP contribution is -2.37. The largest absolute Gasteiger partial charge is 0.327 e. The molecule has 0 spiro atoms. The number of rotatable bonds is 6. The van der Waals surface area contributed by atoms with Gasteiger partial charge in [0.25, 0.3) is 0 Å². The molecule has 17 heavy (non-hydrogen) atoms. The van der Waals surface area contributed by atoms with Crippen molar-refractivity contribution in [3.8, 4) is 0 Å². The molecule has 1 aromatic carbocycles. The van der Waals surface area contributed by atoms with E-state index in [1.54, 1.807) is 12.1 Å². The summed E-state index contributed by atoms with van der Waals surface area (Å²) in [5.74, 6) is -0.352. The molecule has 96 valence electrons. The van der Waals surface area contributed by atoms with Crippen LogP contribution in [0.1, 0.15) is 33.1 Å². The monoisotopic (exact) mass is 257 g/mol. The normalized spacial score (nSPS) is 16.5. The van der Waals surface area contributed by atoms with Crippen LogP contribution in [0.25, 0.3) is 0 Å². The molecule has 3 atom stereocenters. The predicted octanol–water partition coefficient (Wildman–Crippen LogP) is 2.84. The fourth-order valence-corrected chi connectivity index (χ4v) is 3.45. The lowest BCUT2D eigenvalue weighted by molar-refractivity contribution is 0.549. The van der Waals surface area contributed by atoms with E-state index in [-0.39, 0.29) is 17.1 Å². The van der Waals surface area contributed by atoms with Crippen molar-refractivity contribution in [2.75, 3.05) is 0 Å². The zero-order chi connectivity index (χ0) is 12.8. The summed E-state index contributed by atoms with van der Waals surface area (Å²) < 4.78 is 25.4. The van der Waals surface area contributed by atoms with Gasteiger partial charge in [0.1, 0.15) is 5.82 Å². The van der Waals surface area contributed by atoms with Gasteiger partial charge in [-0.25, -0.2) is 4.39 Å². The molecule has 0 saturated heterocycles. The molecule has 0 aromatic heterocycles. The summed E-state index contributed by atoms with van der Waals surface area (Å²) in [5, 5.41) is -0.100. The third-order valence-corrected chi connectivity index (χ3v) is 4.76. The van der Waals surface area contributed by atoms with Crippen molar-refractivity contribution in [3.63, 3.8) is 0 Å². The zero-order valence-corrected chi connectivity index (χ0v) is 11.2. The van der Waals surface area contributed by atoms with E-state index < -0.39 is 10.8 Å². The molecule has 1 rings (SSSR count). The van der Waals surface area contributed by atoms with Gasteiger partial charge in [-0.3, -0.25) is 4.21 Å².